The number of halogens is 1. The summed E-state index contributed by atoms with van der Waals surface area (Å²) in [6.45, 7) is 1.28. The van der Waals surface area contributed by atoms with Gasteiger partial charge in [0, 0.05) is 13.1 Å². The van der Waals surface area contributed by atoms with E-state index < -0.39 is 0 Å². The van der Waals surface area contributed by atoms with E-state index in [0.717, 1.165) is 13.0 Å². The molecule has 0 radical (unpaired) electrons. The van der Waals surface area contributed by atoms with Gasteiger partial charge in [0.1, 0.15) is 4.47 Å². The van der Waals surface area contributed by atoms with Gasteiger partial charge in [-0.15, -0.1) is 0 Å². The molecule has 2 heterocycles. The third-order valence-electron chi connectivity index (χ3n) is 3.69. The standard InChI is InChI=1S/C14H15BrN4O/c15-12-13(17-8-18-14(12)20)19-6-5-9-3-1-2-4-10(9)11(19)7-16/h1-4,8,11H,5-7,16H2,(H,17,18,20). The molecular weight excluding hydrogens is 320 g/mol. The maximum absolute atomic E-state index is 11.7. The average molecular weight is 335 g/mol. The van der Waals surface area contributed by atoms with Crippen LogP contribution in [0.4, 0.5) is 5.82 Å². The maximum Gasteiger partial charge on any atom is 0.267 e. The van der Waals surface area contributed by atoms with Crippen molar-refractivity contribution in [1.29, 1.82) is 0 Å². The summed E-state index contributed by atoms with van der Waals surface area (Å²) in [5, 5.41) is 0. The predicted octanol–water partition coefficient (Wildman–Crippen LogP) is 1.59. The zero-order valence-electron chi connectivity index (χ0n) is 10.8. The van der Waals surface area contributed by atoms with Crippen LogP contribution in [0.3, 0.4) is 0 Å². The van der Waals surface area contributed by atoms with Crippen LogP contribution in [0.5, 0.6) is 0 Å². The minimum absolute atomic E-state index is 0.0468. The van der Waals surface area contributed by atoms with Gasteiger partial charge >= 0.3 is 0 Å². The molecule has 1 aromatic heterocycles. The largest absolute Gasteiger partial charge is 0.347 e. The van der Waals surface area contributed by atoms with Gasteiger partial charge in [0.25, 0.3) is 5.56 Å². The number of fused-ring (bicyclic) bond motifs is 1. The van der Waals surface area contributed by atoms with Gasteiger partial charge in [-0.05, 0) is 33.5 Å². The minimum atomic E-state index is -0.176. The van der Waals surface area contributed by atoms with E-state index in [-0.39, 0.29) is 11.6 Å². The number of aromatic nitrogens is 2. The van der Waals surface area contributed by atoms with E-state index in [0.29, 0.717) is 16.8 Å². The highest BCUT2D eigenvalue weighted by Gasteiger charge is 2.28. The lowest BCUT2D eigenvalue weighted by molar-refractivity contribution is 0.582. The predicted molar refractivity (Wildman–Crippen MR) is 81.8 cm³/mol. The smallest absolute Gasteiger partial charge is 0.267 e. The van der Waals surface area contributed by atoms with Crippen LogP contribution in [0.1, 0.15) is 17.2 Å². The van der Waals surface area contributed by atoms with Crippen molar-refractivity contribution >= 4 is 21.7 Å². The van der Waals surface area contributed by atoms with E-state index in [4.69, 9.17) is 5.73 Å². The normalized spacial score (nSPS) is 17.9. The summed E-state index contributed by atoms with van der Waals surface area (Å²) >= 11 is 3.32. The van der Waals surface area contributed by atoms with E-state index >= 15 is 0 Å². The van der Waals surface area contributed by atoms with Crippen LogP contribution in [-0.4, -0.2) is 23.1 Å². The molecule has 104 valence electrons. The molecule has 0 amide bonds. The van der Waals surface area contributed by atoms with Gasteiger partial charge in [0.15, 0.2) is 5.82 Å². The van der Waals surface area contributed by atoms with Crippen molar-refractivity contribution in [1.82, 2.24) is 9.97 Å². The Hall–Kier alpha value is -1.66. The van der Waals surface area contributed by atoms with E-state index in [1.54, 1.807) is 0 Å². The van der Waals surface area contributed by atoms with Crippen LogP contribution in [0.2, 0.25) is 0 Å². The van der Waals surface area contributed by atoms with Crippen LogP contribution in [0.25, 0.3) is 0 Å². The Morgan fingerprint density at radius 3 is 3.05 bits per heavy atom. The molecule has 0 bridgehead atoms. The second kappa shape index (κ2) is 5.38. The highest BCUT2D eigenvalue weighted by Crippen LogP contribution is 2.34. The van der Waals surface area contributed by atoms with E-state index in [1.165, 1.54) is 17.5 Å². The summed E-state index contributed by atoms with van der Waals surface area (Å²) in [6.07, 6.45) is 2.35. The number of nitrogens with one attached hydrogen (secondary N) is 1. The first-order valence-corrected chi connectivity index (χ1v) is 7.29. The zero-order valence-corrected chi connectivity index (χ0v) is 12.4. The Morgan fingerprint density at radius 1 is 1.45 bits per heavy atom. The molecule has 2 aromatic rings. The van der Waals surface area contributed by atoms with Crippen molar-refractivity contribution in [3.05, 3.63) is 56.5 Å². The Balaban J connectivity index is 2.07. The third kappa shape index (κ3) is 2.14. The summed E-state index contributed by atoms with van der Waals surface area (Å²) < 4.78 is 0.456. The molecule has 3 rings (SSSR count). The van der Waals surface area contributed by atoms with Crippen LogP contribution >= 0.6 is 15.9 Å². The van der Waals surface area contributed by atoms with Gasteiger partial charge in [0.2, 0.25) is 0 Å². The summed E-state index contributed by atoms with van der Waals surface area (Å²) in [4.78, 5) is 20.7. The van der Waals surface area contributed by atoms with Gasteiger partial charge in [-0.1, -0.05) is 24.3 Å². The number of rotatable bonds is 2. The van der Waals surface area contributed by atoms with Crippen LogP contribution < -0.4 is 16.2 Å². The monoisotopic (exact) mass is 334 g/mol. The summed E-state index contributed by atoms with van der Waals surface area (Å²) in [7, 11) is 0. The molecular formula is C14H15BrN4O. The number of nitrogens with two attached hydrogens (primary N) is 1. The number of H-pyrrole nitrogens is 1. The number of hydrogen-bond donors (Lipinski definition) is 2. The summed E-state index contributed by atoms with van der Waals surface area (Å²) in [5.41, 5.74) is 8.32. The third-order valence-corrected chi connectivity index (χ3v) is 4.40. The van der Waals surface area contributed by atoms with E-state index in [9.17, 15) is 4.79 Å². The minimum Gasteiger partial charge on any atom is -0.347 e. The van der Waals surface area contributed by atoms with Gasteiger partial charge in [-0.2, -0.15) is 0 Å². The molecule has 1 unspecified atom stereocenters. The maximum atomic E-state index is 11.7. The SMILES string of the molecule is NCC1c2ccccc2CCN1c1nc[nH]c(=O)c1Br. The molecule has 1 aliphatic rings. The fourth-order valence-electron chi connectivity index (χ4n) is 2.73. The van der Waals surface area contributed by atoms with Gasteiger partial charge in [-0.25, -0.2) is 4.98 Å². The first-order valence-electron chi connectivity index (χ1n) is 6.50. The molecule has 3 N–H and O–H groups in total. The fraction of sp³-hybridized carbons (Fsp3) is 0.286. The number of benzene rings is 1. The molecule has 1 atom stereocenters. The number of aromatic amines is 1. The molecule has 0 saturated heterocycles. The second-order valence-corrected chi connectivity index (χ2v) is 5.56. The molecule has 0 fully saturated rings. The highest BCUT2D eigenvalue weighted by molar-refractivity contribution is 9.10. The van der Waals surface area contributed by atoms with Gasteiger partial charge in [-0.3, -0.25) is 4.79 Å². The van der Waals surface area contributed by atoms with Crippen molar-refractivity contribution in [2.45, 2.75) is 12.5 Å². The molecule has 6 heteroatoms. The Morgan fingerprint density at radius 2 is 2.25 bits per heavy atom. The van der Waals surface area contributed by atoms with Gasteiger partial charge in [0.05, 0.1) is 12.4 Å². The van der Waals surface area contributed by atoms with E-state index in [1.807, 2.05) is 12.1 Å². The first kappa shape index (κ1) is 13.3. The fourth-order valence-corrected chi connectivity index (χ4v) is 3.18. The zero-order chi connectivity index (χ0) is 14.1. The first-order chi connectivity index (χ1) is 9.72. The number of hydrogen-bond acceptors (Lipinski definition) is 4. The Labute approximate surface area is 125 Å². The molecule has 1 aliphatic heterocycles. The highest BCUT2D eigenvalue weighted by atomic mass is 79.9. The van der Waals surface area contributed by atoms with Crippen molar-refractivity contribution in [3.63, 3.8) is 0 Å². The molecule has 0 saturated carbocycles. The lowest BCUT2D eigenvalue weighted by Crippen LogP contribution is -2.40. The average Bonchev–Trinajstić information content (AvgIpc) is 2.49. The van der Waals surface area contributed by atoms with Crippen LogP contribution in [0, 0.1) is 0 Å². The van der Waals surface area contributed by atoms with Crippen molar-refractivity contribution in [2.24, 2.45) is 5.73 Å². The Bertz CT molecular complexity index is 685. The summed E-state index contributed by atoms with van der Waals surface area (Å²) in [5.74, 6) is 0.652. The lowest BCUT2D eigenvalue weighted by atomic mass is 9.92. The van der Waals surface area contributed by atoms with Crippen molar-refractivity contribution in [3.8, 4) is 0 Å². The van der Waals surface area contributed by atoms with Crippen LogP contribution in [-0.2, 0) is 6.42 Å². The molecule has 1 aromatic carbocycles. The van der Waals surface area contributed by atoms with Crippen LogP contribution in [0.15, 0.2) is 39.9 Å². The molecule has 20 heavy (non-hydrogen) atoms. The Kier molecular flexibility index (Phi) is 3.58. The van der Waals surface area contributed by atoms with Crippen molar-refractivity contribution in [2.75, 3.05) is 18.0 Å². The number of nitrogens with zero attached hydrogens (tertiary/aromatic N) is 2. The van der Waals surface area contributed by atoms with Gasteiger partial charge < -0.3 is 15.6 Å². The molecule has 5 nitrogen and oxygen atoms in total. The number of anilines is 1. The molecule has 0 spiro atoms. The quantitative estimate of drug-likeness (QED) is 0.874. The second-order valence-electron chi connectivity index (χ2n) is 4.76. The summed E-state index contributed by atoms with van der Waals surface area (Å²) in [6, 6.07) is 8.34. The molecule has 0 aliphatic carbocycles. The van der Waals surface area contributed by atoms with Crippen molar-refractivity contribution < 1.29 is 0 Å². The van der Waals surface area contributed by atoms with E-state index in [2.05, 4.69) is 42.9 Å². The topological polar surface area (TPSA) is 75.0 Å². The lowest BCUT2D eigenvalue weighted by Gasteiger charge is -2.37.